The van der Waals surface area contributed by atoms with Crippen molar-refractivity contribution in [3.63, 3.8) is 0 Å². The Labute approximate surface area is 101 Å². The fourth-order valence-corrected chi connectivity index (χ4v) is 1.88. The van der Waals surface area contributed by atoms with Gasteiger partial charge < -0.3 is 22.1 Å². The van der Waals surface area contributed by atoms with Crippen LogP contribution in [0.4, 0.5) is 4.79 Å². The standard InChI is InChI=1S/C11H22N4O2/c1-2-3-8(15-11(13)17)10(16)14-9(6-12)7-4-5-7/h7-9H,2-6,12H2,1H3,(H,14,16)(H3,13,15,17)/t8-,9?/m1/s1. The average molecular weight is 242 g/mol. The van der Waals surface area contributed by atoms with Crippen molar-refractivity contribution in [1.82, 2.24) is 10.6 Å². The van der Waals surface area contributed by atoms with E-state index in [1.54, 1.807) is 0 Å². The lowest BCUT2D eigenvalue weighted by Crippen LogP contribution is -2.52. The van der Waals surface area contributed by atoms with Gasteiger partial charge in [0.25, 0.3) is 0 Å². The fraction of sp³-hybridized carbons (Fsp3) is 0.818. The average Bonchev–Trinajstić information content (AvgIpc) is 3.08. The zero-order valence-corrected chi connectivity index (χ0v) is 10.2. The molecule has 6 nitrogen and oxygen atoms in total. The summed E-state index contributed by atoms with van der Waals surface area (Å²) >= 11 is 0. The molecule has 6 heteroatoms. The molecule has 0 bridgehead atoms. The summed E-state index contributed by atoms with van der Waals surface area (Å²) in [5.74, 6) is 0.313. The van der Waals surface area contributed by atoms with E-state index in [9.17, 15) is 9.59 Å². The van der Waals surface area contributed by atoms with E-state index in [0.29, 0.717) is 18.9 Å². The lowest BCUT2D eigenvalue weighted by atomic mass is 10.1. The fourth-order valence-electron chi connectivity index (χ4n) is 1.88. The number of hydrogen-bond donors (Lipinski definition) is 4. The number of rotatable bonds is 7. The van der Waals surface area contributed by atoms with Gasteiger partial charge >= 0.3 is 6.03 Å². The van der Waals surface area contributed by atoms with E-state index < -0.39 is 12.1 Å². The van der Waals surface area contributed by atoms with Gasteiger partial charge in [0.15, 0.2) is 0 Å². The smallest absolute Gasteiger partial charge is 0.312 e. The highest BCUT2D eigenvalue weighted by molar-refractivity contribution is 5.86. The summed E-state index contributed by atoms with van der Waals surface area (Å²) < 4.78 is 0. The van der Waals surface area contributed by atoms with Crippen molar-refractivity contribution < 1.29 is 9.59 Å². The maximum Gasteiger partial charge on any atom is 0.312 e. The first-order valence-electron chi connectivity index (χ1n) is 6.14. The molecule has 6 N–H and O–H groups in total. The van der Waals surface area contributed by atoms with E-state index in [2.05, 4.69) is 10.6 Å². The van der Waals surface area contributed by atoms with Crippen molar-refractivity contribution in [3.05, 3.63) is 0 Å². The highest BCUT2D eigenvalue weighted by Gasteiger charge is 2.32. The summed E-state index contributed by atoms with van der Waals surface area (Å²) in [6.07, 6.45) is 3.61. The van der Waals surface area contributed by atoms with E-state index in [0.717, 1.165) is 19.3 Å². The summed E-state index contributed by atoms with van der Waals surface area (Å²) in [5.41, 5.74) is 10.7. The lowest BCUT2D eigenvalue weighted by Gasteiger charge is -2.21. The normalized spacial score (nSPS) is 18.2. The number of primary amides is 1. The molecule has 0 aromatic carbocycles. The molecular weight excluding hydrogens is 220 g/mol. The molecule has 0 aromatic heterocycles. The van der Waals surface area contributed by atoms with E-state index in [1.807, 2.05) is 6.92 Å². The van der Waals surface area contributed by atoms with Gasteiger partial charge in [0.05, 0.1) is 0 Å². The first kappa shape index (κ1) is 13.8. The molecule has 0 spiro atoms. The number of nitrogens with two attached hydrogens (primary N) is 2. The summed E-state index contributed by atoms with van der Waals surface area (Å²) in [6, 6.07) is -1.20. The van der Waals surface area contributed by atoms with Gasteiger partial charge in [-0.1, -0.05) is 13.3 Å². The zero-order chi connectivity index (χ0) is 12.8. The third-order valence-corrected chi connectivity index (χ3v) is 2.98. The van der Waals surface area contributed by atoms with E-state index in [4.69, 9.17) is 11.5 Å². The summed E-state index contributed by atoms with van der Waals surface area (Å²) in [4.78, 5) is 22.7. The summed E-state index contributed by atoms with van der Waals surface area (Å²) in [7, 11) is 0. The highest BCUT2D eigenvalue weighted by atomic mass is 16.2. The molecule has 0 heterocycles. The predicted molar refractivity (Wildman–Crippen MR) is 65.1 cm³/mol. The van der Waals surface area contributed by atoms with E-state index in [-0.39, 0.29) is 11.9 Å². The van der Waals surface area contributed by atoms with Gasteiger partial charge in [-0.3, -0.25) is 4.79 Å². The second kappa shape index (κ2) is 6.44. The lowest BCUT2D eigenvalue weighted by molar-refractivity contribution is -0.123. The number of hydrogen-bond acceptors (Lipinski definition) is 3. The minimum absolute atomic E-state index is 0.0246. The van der Waals surface area contributed by atoms with Gasteiger partial charge in [-0.25, -0.2) is 4.79 Å². The Morgan fingerprint density at radius 2 is 2.00 bits per heavy atom. The summed E-state index contributed by atoms with van der Waals surface area (Å²) in [6.45, 7) is 2.39. The number of carbonyl (C=O) groups is 2. The minimum Gasteiger partial charge on any atom is -0.352 e. The number of amides is 3. The van der Waals surface area contributed by atoms with Crippen LogP contribution in [-0.2, 0) is 4.79 Å². The van der Waals surface area contributed by atoms with Crippen molar-refractivity contribution in [2.45, 2.75) is 44.7 Å². The van der Waals surface area contributed by atoms with E-state index in [1.165, 1.54) is 0 Å². The molecule has 1 aliphatic rings. The summed E-state index contributed by atoms with van der Waals surface area (Å²) in [5, 5.41) is 5.34. The van der Waals surface area contributed by atoms with Crippen LogP contribution in [-0.4, -0.2) is 30.6 Å². The van der Waals surface area contributed by atoms with Crippen molar-refractivity contribution in [2.75, 3.05) is 6.54 Å². The largest absolute Gasteiger partial charge is 0.352 e. The molecule has 0 aromatic rings. The molecule has 1 rings (SSSR count). The van der Waals surface area contributed by atoms with Gasteiger partial charge in [0.1, 0.15) is 6.04 Å². The Bertz CT molecular complexity index is 279. The van der Waals surface area contributed by atoms with Crippen LogP contribution in [0, 0.1) is 5.92 Å². The molecule has 1 aliphatic carbocycles. The van der Waals surface area contributed by atoms with Crippen LogP contribution in [0.5, 0.6) is 0 Å². The molecule has 2 atom stereocenters. The Kier molecular flexibility index (Phi) is 5.21. The number of carbonyl (C=O) groups excluding carboxylic acids is 2. The molecule has 1 saturated carbocycles. The van der Waals surface area contributed by atoms with Crippen molar-refractivity contribution in [1.29, 1.82) is 0 Å². The molecular formula is C11H22N4O2. The van der Waals surface area contributed by atoms with Crippen molar-refractivity contribution >= 4 is 11.9 Å². The van der Waals surface area contributed by atoms with Crippen LogP contribution in [0.25, 0.3) is 0 Å². The Hall–Kier alpha value is -1.30. The number of urea groups is 1. The van der Waals surface area contributed by atoms with Crippen molar-refractivity contribution in [3.8, 4) is 0 Å². The Morgan fingerprint density at radius 3 is 2.41 bits per heavy atom. The third-order valence-electron chi connectivity index (χ3n) is 2.98. The SMILES string of the molecule is CCC[C@@H](NC(N)=O)C(=O)NC(CN)C1CC1. The van der Waals surface area contributed by atoms with Gasteiger partial charge in [0.2, 0.25) is 5.91 Å². The molecule has 0 radical (unpaired) electrons. The van der Waals surface area contributed by atoms with Gasteiger partial charge in [-0.2, -0.15) is 0 Å². The maximum atomic E-state index is 11.9. The topological polar surface area (TPSA) is 110 Å². The van der Waals surface area contributed by atoms with Crippen LogP contribution < -0.4 is 22.1 Å². The highest BCUT2D eigenvalue weighted by Crippen LogP contribution is 2.32. The predicted octanol–water partition coefficient (Wildman–Crippen LogP) is -0.323. The second-order valence-electron chi connectivity index (χ2n) is 4.54. The monoisotopic (exact) mass is 242 g/mol. The quantitative estimate of drug-likeness (QED) is 0.491. The minimum atomic E-state index is -0.672. The van der Waals surface area contributed by atoms with Crippen LogP contribution >= 0.6 is 0 Å². The molecule has 3 amide bonds. The molecule has 98 valence electrons. The number of nitrogens with one attached hydrogen (secondary N) is 2. The molecule has 17 heavy (non-hydrogen) atoms. The Balaban J connectivity index is 2.47. The van der Waals surface area contributed by atoms with Gasteiger partial charge in [0, 0.05) is 12.6 Å². The Morgan fingerprint density at radius 1 is 1.35 bits per heavy atom. The molecule has 0 aliphatic heterocycles. The first-order chi connectivity index (χ1) is 8.08. The van der Waals surface area contributed by atoms with Gasteiger partial charge in [-0.05, 0) is 25.2 Å². The van der Waals surface area contributed by atoms with Gasteiger partial charge in [-0.15, -0.1) is 0 Å². The van der Waals surface area contributed by atoms with E-state index >= 15 is 0 Å². The van der Waals surface area contributed by atoms with Crippen LogP contribution in [0.1, 0.15) is 32.6 Å². The van der Waals surface area contributed by atoms with Crippen LogP contribution in [0.2, 0.25) is 0 Å². The first-order valence-corrected chi connectivity index (χ1v) is 6.14. The maximum absolute atomic E-state index is 11.9. The van der Waals surface area contributed by atoms with Crippen molar-refractivity contribution in [2.24, 2.45) is 17.4 Å². The third kappa shape index (κ3) is 4.60. The van der Waals surface area contributed by atoms with Crippen LogP contribution in [0.3, 0.4) is 0 Å². The zero-order valence-electron chi connectivity index (χ0n) is 10.2. The second-order valence-corrected chi connectivity index (χ2v) is 4.54. The molecule has 0 saturated heterocycles. The molecule has 1 fully saturated rings. The van der Waals surface area contributed by atoms with Crippen LogP contribution in [0.15, 0.2) is 0 Å². The molecule has 1 unspecified atom stereocenters.